The van der Waals surface area contributed by atoms with Crippen molar-refractivity contribution in [2.45, 2.75) is 11.0 Å². The van der Waals surface area contributed by atoms with Crippen LogP contribution in [0.2, 0.25) is 0 Å². The van der Waals surface area contributed by atoms with E-state index >= 15 is 0 Å². The average molecular weight is 294 g/mol. The number of halogens is 1. The minimum Gasteiger partial charge on any atom is -0.387 e. The van der Waals surface area contributed by atoms with Crippen LogP contribution in [-0.4, -0.2) is 26.3 Å². The first-order valence-electron chi connectivity index (χ1n) is 4.23. The maximum atomic E-state index is 11.3. The third kappa shape index (κ3) is 3.27. The molecule has 0 aliphatic heterocycles. The van der Waals surface area contributed by atoms with Crippen LogP contribution in [-0.2, 0) is 9.84 Å². The molecule has 1 atom stereocenters. The number of hydrogen-bond donors (Lipinski definition) is 2. The molecule has 3 N–H and O–H groups in total. The van der Waals surface area contributed by atoms with Crippen molar-refractivity contribution in [1.29, 1.82) is 0 Å². The lowest BCUT2D eigenvalue weighted by Crippen LogP contribution is -2.12. The maximum Gasteiger partial charge on any atom is 0.175 e. The van der Waals surface area contributed by atoms with Gasteiger partial charge in [0.2, 0.25) is 0 Å². The van der Waals surface area contributed by atoms with E-state index in [0.717, 1.165) is 6.26 Å². The minimum atomic E-state index is -3.27. The SMILES string of the molecule is CS(=O)(=O)c1cc(Br)cc(C(O)CN)c1. The third-order valence-electron chi connectivity index (χ3n) is 1.93. The van der Waals surface area contributed by atoms with Gasteiger partial charge in [-0.2, -0.15) is 0 Å². The second kappa shape index (κ2) is 4.61. The van der Waals surface area contributed by atoms with E-state index in [1.807, 2.05) is 0 Å². The molecule has 0 radical (unpaired) electrons. The van der Waals surface area contributed by atoms with E-state index in [1.54, 1.807) is 6.07 Å². The standard InChI is InChI=1S/C9H12BrNO3S/c1-15(13,14)8-3-6(9(12)5-11)2-7(10)4-8/h2-4,9,12H,5,11H2,1H3. The summed E-state index contributed by atoms with van der Waals surface area (Å²) in [5, 5.41) is 9.50. The van der Waals surface area contributed by atoms with E-state index in [2.05, 4.69) is 15.9 Å². The second-order valence-corrected chi connectivity index (χ2v) is 6.18. The zero-order valence-electron chi connectivity index (χ0n) is 8.14. The maximum absolute atomic E-state index is 11.3. The average Bonchev–Trinajstić information content (AvgIpc) is 2.14. The van der Waals surface area contributed by atoms with Gasteiger partial charge in [-0.05, 0) is 23.8 Å². The number of hydrogen-bond acceptors (Lipinski definition) is 4. The van der Waals surface area contributed by atoms with E-state index < -0.39 is 15.9 Å². The first-order chi connectivity index (χ1) is 6.84. The monoisotopic (exact) mass is 293 g/mol. The molecule has 0 aliphatic carbocycles. The van der Waals surface area contributed by atoms with Crippen LogP contribution in [0.5, 0.6) is 0 Å². The largest absolute Gasteiger partial charge is 0.387 e. The second-order valence-electron chi connectivity index (χ2n) is 3.24. The van der Waals surface area contributed by atoms with E-state index in [1.165, 1.54) is 12.1 Å². The van der Waals surface area contributed by atoms with Crippen LogP contribution in [0.3, 0.4) is 0 Å². The number of benzene rings is 1. The molecule has 0 saturated carbocycles. The van der Waals surface area contributed by atoms with Crippen molar-refractivity contribution in [3.05, 3.63) is 28.2 Å². The van der Waals surface area contributed by atoms with Gasteiger partial charge in [0.25, 0.3) is 0 Å². The first kappa shape index (κ1) is 12.6. The molecular weight excluding hydrogens is 282 g/mol. The Hall–Kier alpha value is -0.430. The van der Waals surface area contributed by atoms with Gasteiger partial charge in [0, 0.05) is 17.3 Å². The molecule has 1 unspecified atom stereocenters. The molecular formula is C9H12BrNO3S. The van der Waals surface area contributed by atoms with Gasteiger partial charge in [-0.25, -0.2) is 8.42 Å². The van der Waals surface area contributed by atoms with E-state index in [4.69, 9.17) is 5.73 Å². The predicted molar refractivity (Wildman–Crippen MR) is 61.3 cm³/mol. The summed E-state index contributed by atoms with van der Waals surface area (Å²) in [6.45, 7) is 0.0552. The Bertz CT molecular complexity index is 458. The number of sulfone groups is 1. The summed E-state index contributed by atoms with van der Waals surface area (Å²) in [6.07, 6.45) is 0.274. The van der Waals surface area contributed by atoms with Crippen molar-refractivity contribution in [3.8, 4) is 0 Å². The molecule has 84 valence electrons. The van der Waals surface area contributed by atoms with Gasteiger partial charge in [0.1, 0.15) is 0 Å². The van der Waals surface area contributed by atoms with Crippen molar-refractivity contribution in [2.75, 3.05) is 12.8 Å². The van der Waals surface area contributed by atoms with Crippen LogP contribution in [0.1, 0.15) is 11.7 Å². The Morgan fingerprint density at radius 1 is 1.47 bits per heavy atom. The van der Waals surface area contributed by atoms with Crippen LogP contribution >= 0.6 is 15.9 Å². The number of aliphatic hydroxyl groups is 1. The Balaban J connectivity index is 3.29. The normalized spacial score (nSPS) is 13.9. The van der Waals surface area contributed by atoms with Gasteiger partial charge in [-0.3, -0.25) is 0 Å². The van der Waals surface area contributed by atoms with Crippen molar-refractivity contribution in [1.82, 2.24) is 0 Å². The van der Waals surface area contributed by atoms with Crippen molar-refractivity contribution >= 4 is 25.8 Å². The molecule has 15 heavy (non-hydrogen) atoms. The molecule has 1 aromatic rings. The smallest absolute Gasteiger partial charge is 0.175 e. The molecule has 0 bridgehead atoms. The highest BCUT2D eigenvalue weighted by Gasteiger charge is 2.13. The number of nitrogens with two attached hydrogens (primary N) is 1. The van der Waals surface area contributed by atoms with E-state index in [9.17, 15) is 13.5 Å². The third-order valence-corrected chi connectivity index (χ3v) is 3.48. The van der Waals surface area contributed by atoms with Crippen LogP contribution in [0.15, 0.2) is 27.6 Å². The van der Waals surface area contributed by atoms with Crippen molar-refractivity contribution in [3.63, 3.8) is 0 Å². The lowest BCUT2D eigenvalue weighted by Gasteiger charge is -2.10. The van der Waals surface area contributed by atoms with Crippen LogP contribution < -0.4 is 5.73 Å². The van der Waals surface area contributed by atoms with Crippen molar-refractivity contribution < 1.29 is 13.5 Å². The van der Waals surface area contributed by atoms with Gasteiger partial charge in [0.05, 0.1) is 11.0 Å². The Labute approximate surface area is 97.2 Å². The summed E-state index contributed by atoms with van der Waals surface area (Å²) in [6, 6.07) is 4.56. The molecule has 0 fully saturated rings. The Morgan fingerprint density at radius 3 is 2.53 bits per heavy atom. The summed E-state index contributed by atoms with van der Waals surface area (Å²) in [5.41, 5.74) is 5.79. The molecule has 0 amide bonds. The summed E-state index contributed by atoms with van der Waals surface area (Å²) in [7, 11) is -3.27. The summed E-state index contributed by atoms with van der Waals surface area (Å²) in [4.78, 5) is 0.166. The van der Waals surface area contributed by atoms with Crippen LogP contribution in [0, 0.1) is 0 Å². The quantitative estimate of drug-likeness (QED) is 0.866. The highest BCUT2D eigenvalue weighted by molar-refractivity contribution is 9.10. The fourth-order valence-corrected chi connectivity index (χ4v) is 2.48. The van der Waals surface area contributed by atoms with Gasteiger partial charge in [0.15, 0.2) is 9.84 Å². The van der Waals surface area contributed by atoms with Gasteiger partial charge in [-0.15, -0.1) is 0 Å². The topological polar surface area (TPSA) is 80.4 Å². The van der Waals surface area contributed by atoms with E-state index in [0.29, 0.717) is 10.0 Å². The lowest BCUT2D eigenvalue weighted by molar-refractivity contribution is 0.186. The lowest BCUT2D eigenvalue weighted by atomic mass is 10.1. The zero-order chi connectivity index (χ0) is 11.6. The zero-order valence-corrected chi connectivity index (χ0v) is 10.5. The van der Waals surface area contributed by atoms with Crippen LogP contribution in [0.4, 0.5) is 0 Å². The minimum absolute atomic E-state index is 0.0552. The molecule has 0 saturated heterocycles. The number of aliphatic hydroxyl groups excluding tert-OH is 1. The summed E-state index contributed by atoms with van der Waals surface area (Å²) < 4.78 is 23.2. The number of rotatable bonds is 3. The highest BCUT2D eigenvalue weighted by atomic mass is 79.9. The van der Waals surface area contributed by atoms with Gasteiger partial charge in [-0.1, -0.05) is 15.9 Å². The molecule has 1 rings (SSSR count). The Morgan fingerprint density at radius 2 is 2.07 bits per heavy atom. The first-order valence-corrected chi connectivity index (χ1v) is 6.91. The molecule has 0 aliphatic rings. The molecule has 4 nitrogen and oxygen atoms in total. The molecule has 1 aromatic carbocycles. The molecule has 0 spiro atoms. The predicted octanol–water partition coefficient (Wildman–Crippen LogP) is 0.845. The van der Waals surface area contributed by atoms with Crippen molar-refractivity contribution in [2.24, 2.45) is 5.73 Å². The van der Waals surface area contributed by atoms with Crippen LogP contribution in [0.25, 0.3) is 0 Å². The fourth-order valence-electron chi connectivity index (χ4n) is 1.13. The summed E-state index contributed by atoms with van der Waals surface area (Å²) >= 11 is 3.19. The van der Waals surface area contributed by atoms with E-state index in [-0.39, 0.29) is 11.4 Å². The molecule has 6 heteroatoms. The van der Waals surface area contributed by atoms with Gasteiger partial charge >= 0.3 is 0 Å². The molecule has 0 aromatic heterocycles. The Kier molecular flexibility index (Phi) is 3.88. The molecule has 0 heterocycles. The summed E-state index contributed by atoms with van der Waals surface area (Å²) in [5.74, 6) is 0. The van der Waals surface area contributed by atoms with Gasteiger partial charge < -0.3 is 10.8 Å². The fraction of sp³-hybridized carbons (Fsp3) is 0.333. The highest BCUT2D eigenvalue weighted by Crippen LogP contribution is 2.23.